The van der Waals surface area contributed by atoms with Crippen molar-refractivity contribution in [1.29, 1.82) is 0 Å². The van der Waals surface area contributed by atoms with Gasteiger partial charge in [0.1, 0.15) is 0 Å². The van der Waals surface area contributed by atoms with Crippen LogP contribution in [0.5, 0.6) is 0 Å². The van der Waals surface area contributed by atoms with Gasteiger partial charge in [0.2, 0.25) is 0 Å². The monoisotopic (exact) mass is 161 g/mol. The van der Waals surface area contributed by atoms with E-state index in [1.54, 1.807) is 6.21 Å². The maximum atomic E-state index is 3.95. The number of fused-ring (bicyclic) bond motifs is 1. The van der Waals surface area contributed by atoms with Crippen LogP contribution in [0.4, 0.5) is 5.69 Å². The molecule has 0 spiro atoms. The molecule has 0 bridgehead atoms. The van der Waals surface area contributed by atoms with Gasteiger partial charge in [-0.1, -0.05) is 24.3 Å². The van der Waals surface area contributed by atoms with Crippen molar-refractivity contribution >= 4 is 18.0 Å². The van der Waals surface area contributed by atoms with E-state index in [2.05, 4.69) is 10.5 Å². The fourth-order valence-electron chi connectivity index (χ4n) is 1.04. The molecular formula is C9H11N3. The zero-order valence-corrected chi connectivity index (χ0v) is 6.70. The highest BCUT2D eigenvalue weighted by Gasteiger charge is 1.96. The lowest BCUT2D eigenvalue weighted by Crippen LogP contribution is -1.87. The molecule has 0 atom stereocenters. The van der Waals surface area contributed by atoms with E-state index in [4.69, 9.17) is 0 Å². The maximum absolute atomic E-state index is 3.95. The normalized spacial score (nSPS) is 12.3. The predicted octanol–water partition coefficient (Wildman–Crippen LogP) is 2.27. The van der Waals surface area contributed by atoms with Crippen LogP contribution < -0.4 is 11.6 Å². The van der Waals surface area contributed by atoms with Crippen molar-refractivity contribution in [3.05, 3.63) is 35.9 Å². The first-order valence-corrected chi connectivity index (χ1v) is 3.51. The van der Waals surface area contributed by atoms with Crippen molar-refractivity contribution in [3.63, 3.8) is 0 Å². The van der Waals surface area contributed by atoms with E-state index >= 15 is 0 Å². The Morgan fingerprint density at radius 2 is 2.00 bits per heavy atom. The minimum Gasteiger partial charge on any atom is -0.344 e. The van der Waals surface area contributed by atoms with Crippen LogP contribution in [-0.2, 0) is 0 Å². The van der Waals surface area contributed by atoms with Crippen LogP contribution in [0.3, 0.4) is 0 Å². The highest BCUT2D eigenvalue weighted by Crippen LogP contribution is 2.17. The van der Waals surface area contributed by atoms with Crippen molar-refractivity contribution in [1.82, 2.24) is 6.15 Å². The molecule has 1 aromatic rings. The smallest absolute Gasteiger partial charge is 0.0634 e. The van der Waals surface area contributed by atoms with Crippen LogP contribution in [0.15, 0.2) is 35.4 Å². The number of rotatable bonds is 0. The lowest BCUT2D eigenvalue weighted by Gasteiger charge is -2.00. The number of hydrogen-bond donors (Lipinski definition) is 2. The van der Waals surface area contributed by atoms with Crippen molar-refractivity contribution in [2.24, 2.45) is 5.10 Å². The highest BCUT2D eigenvalue weighted by atomic mass is 15.3. The van der Waals surface area contributed by atoms with Gasteiger partial charge in [-0.25, -0.2) is 0 Å². The van der Waals surface area contributed by atoms with Crippen LogP contribution in [0.2, 0.25) is 0 Å². The van der Waals surface area contributed by atoms with Crippen molar-refractivity contribution in [2.45, 2.75) is 0 Å². The number of allylic oxidation sites excluding steroid dienone is 1. The number of nitrogens with zero attached hydrogens (tertiary/aromatic N) is 1. The molecule has 1 aromatic carbocycles. The summed E-state index contributed by atoms with van der Waals surface area (Å²) in [6, 6.07) is 8.05. The van der Waals surface area contributed by atoms with E-state index in [1.807, 2.05) is 36.4 Å². The standard InChI is InChI=1S/C9H8N2.H3N/c1-2-6-9-8(4-1)5-3-7-10-11-9;/h1-7,11H;1H3. The number of hydrogen-bond acceptors (Lipinski definition) is 3. The quantitative estimate of drug-likeness (QED) is 0.613. The maximum Gasteiger partial charge on any atom is 0.0634 e. The Morgan fingerprint density at radius 1 is 1.17 bits per heavy atom. The zero-order valence-electron chi connectivity index (χ0n) is 6.70. The van der Waals surface area contributed by atoms with Crippen molar-refractivity contribution in [2.75, 3.05) is 5.43 Å². The van der Waals surface area contributed by atoms with Gasteiger partial charge in [0, 0.05) is 6.21 Å². The summed E-state index contributed by atoms with van der Waals surface area (Å²) in [5, 5.41) is 3.95. The van der Waals surface area contributed by atoms with E-state index in [0.29, 0.717) is 0 Å². The van der Waals surface area contributed by atoms with Gasteiger partial charge in [-0.3, -0.25) is 5.43 Å². The third-order valence-electron chi connectivity index (χ3n) is 1.58. The van der Waals surface area contributed by atoms with E-state index in [-0.39, 0.29) is 6.15 Å². The second-order valence-electron chi connectivity index (χ2n) is 2.34. The van der Waals surface area contributed by atoms with Crippen LogP contribution >= 0.6 is 0 Å². The minimum absolute atomic E-state index is 0. The Hall–Kier alpha value is -1.61. The summed E-state index contributed by atoms with van der Waals surface area (Å²) in [5.41, 5.74) is 5.16. The van der Waals surface area contributed by atoms with Crippen LogP contribution in [0, 0.1) is 0 Å². The molecule has 0 saturated carbocycles. The third-order valence-corrected chi connectivity index (χ3v) is 1.58. The van der Waals surface area contributed by atoms with Crippen molar-refractivity contribution < 1.29 is 0 Å². The number of para-hydroxylation sites is 1. The second kappa shape index (κ2) is 3.69. The molecule has 2 rings (SSSR count). The molecule has 1 aliphatic rings. The molecular weight excluding hydrogens is 150 g/mol. The van der Waals surface area contributed by atoms with E-state index in [1.165, 1.54) is 5.56 Å². The third kappa shape index (κ3) is 1.52. The largest absolute Gasteiger partial charge is 0.344 e. The van der Waals surface area contributed by atoms with Gasteiger partial charge in [-0.15, -0.1) is 0 Å². The second-order valence-corrected chi connectivity index (χ2v) is 2.34. The first-order chi connectivity index (χ1) is 5.47. The SMILES string of the molecule is C1=Cc2ccccc2NN=C1.N. The Morgan fingerprint density at radius 3 is 2.92 bits per heavy atom. The first kappa shape index (κ1) is 8.49. The van der Waals surface area contributed by atoms with Crippen molar-refractivity contribution in [3.8, 4) is 0 Å². The molecule has 0 unspecified atom stereocenters. The lowest BCUT2D eigenvalue weighted by atomic mass is 10.2. The van der Waals surface area contributed by atoms with Gasteiger partial charge >= 0.3 is 0 Å². The number of nitrogens with one attached hydrogen (secondary N) is 1. The highest BCUT2D eigenvalue weighted by molar-refractivity contribution is 5.83. The molecule has 1 aliphatic heterocycles. The van der Waals surface area contributed by atoms with Gasteiger partial charge in [0.05, 0.1) is 5.69 Å². The van der Waals surface area contributed by atoms with E-state index in [9.17, 15) is 0 Å². The molecule has 0 aliphatic carbocycles. The number of benzene rings is 1. The van der Waals surface area contributed by atoms with Gasteiger partial charge in [0.15, 0.2) is 0 Å². The Labute approximate surface area is 71.4 Å². The van der Waals surface area contributed by atoms with Crippen LogP contribution in [0.1, 0.15) is 5.56 Å². The average Bonchev–Trinajstić information content (AvgIpc) is 2.28. The molecule has 0 saturated heterocycles. The Balaban J connectivity index is 0.000000720. The summed E-state index contributed by atoms with van der Waals surface area (Å²) in [4.78, 5) is 0. The minimum atomic E-state index is 0. The first-order valence-electron chi connectivity index (χ1n) is 3.51. The van der Waals surface area contributed by atoms with Gasteiger partial charge in [-0.2, -0.15) is 5.10 Å². The van der Waals surface area contributed by atoms with Gasteiger partial charge < -0.3 is 6.15 Å². The molecule has 0 amide bonds. The molecule has 62 valence electrons. The molecule has 0 aromatic heterocycles. The fourth-order valence-corrected chi connectivity index (χ4v) is 1.04. The topological polar surface area (TPSA) is 59.4 Å². The summed E-state index contributed by atoms with van der Waals surface area (Å²) in [5.74, 6) is 0. The summed E-state index contributed by atoms with van der Waals surface area (Å²) in [7, 11) is 0. The van der Waals surface area contributed by atoms with E-state index < -0.39 is 0 Å². The zero-order chi connectivity index (χ0) is 7.52. The van der Waals surface area contributed by atoms with Crippen LogP contribution in [-0.4, -0.2) is 6.21 Å². The Bertz CT molecular complexity index is 315. The van der Waals surface area contributed by atoms with Gasteiger partial charge in [0.25, 0.3) is 0 Å². The molecule has 3 heteroatoms. The van der Waals surface area contributed by atoms with E-state index in [0.717, 1.165) is 5.69 Å². The molecule has 0 radical (unpaired) electrons. The molecule has 0 fully saturated rings. The Kier molecular flexibility index (Phi) is 2.61. The van der Waals surface area contributed by atoms with Crippen LogP contribution in [0.25, 0.3) is 6.08 Å². The summed E-state index contributed by atoms with van der Waals surface area (Å²) in [6.45, 7) is 0. The summed E-state index contributed by atoms with van der Waals surface area (Å²) < 4.78 is 0. The molecule has 1 heterocycles. The fraction of sp³-hybridized carbons (Fsp3) is 0. The molecule has 12 heavy (non-hydrogen) atoms. The number of anilines is 1. The van der Waals surface area contributed by atoms with Gasteiger partial charge in [-0.05, 0) is 17.7 Å². The predicted molar refractivity (Wildman–Crippen MR) is 52.6 cm³/mol. The summed E-state index contributed by atoms with van der Waals surface area (Å²) >= 11 is 0. The molecule has 4 N–H and O–H groups in total. The number of hydrazone groups is 1. The molecule has 3 nitrogen and oxygen atoms in total. The summed E-state index contributed by atoms with van der Waals surface area (Å²) in [6.07, 6.45) is 5.68. The lowest BCUT2D eigenvalue weighted by molar-refractivity contribution is 1.36. The average molecular weight is 161 g/mol.